The third-order valence-corrected chi connectivity index (χ3v) is 2.21. The van der Waals surface area contributed by atoms with Crippen LogP contribution in [-0.4, -0.2) is 14.8 Å². The Hall–Kier alpha value is -0.720. The van der Waals surface area contributed by atoms with E-state index in [0.717, 1.165) is 16.3 Å². The number of rotatable bonds is 1. The molecule has 3 nitrogen and oxygen atoms in total. The molecule has 15 heavy (non-hydrogen) atoms. The average molecular weight is 238 g/mol. The monoisotopic (exact) mass is 238 g/mol. The highest BCUT2D eigenvalue weighted by Gasteiger charge is 2.41. The summed E-state index contributed by atoms with van der Waals surface area (Å²) in [7, 11) is 0. The van der Waals surface area contributed by atoms with Crippen LogP contribution in [-0.2, 0) is 11.7 Å². The second kappa shape index (κ2) is 3.70. The van der Waals surface area contributed by atoms with Gasteiger partial charge in [-0.2, -0.15) is 13.2 Å². The zero-order chi connectivity index (χ0) is 11.9. The highest BCUT2D eigenvalue weighted by Crippen LogP contribution is 2.34. The van der Waals surface area contributed by atoms with E-state index in [1.807, 2.05) is 0 Å². The smallest absolute Gasteiger partial charge is 0.293 e. The van der Waals surface area contributed by atoms with Gasteiger partial charge in [0.05, 0.1) is 0 Å². The second-order valence-electron chi connectivity index (χ2n) is 3.95. The van der Waals surface area contributed by atoms with E-state index in [2.05, 4.69) is 16.5 Å². The van der Waals surface area contributed by atoms with Crippen LogP contribution in [0.3, 0.4) is 0 Å². The van der Waals surface area contributed by atoms with Gasteiger partial charge in [0, 0.05) is 11.8 Å². The van der Waals surface area contributed by atoms with E-state index < -0.39 is 17.5 Å². The van der Waals surface area contributed by atoms with Crippen LogP contribution in [0.2, 0.25) is 0 Å². The zero-order valence-electron chi connectivity index (χ0n) is 8.59. The Morgan fingerprint density at radius 3 is 2.07 bits per heavy atom. The van der Waals surface area contributed by atoms with Crippen LogP contribution in [0.15, 0.2) is 5.16 Å². The van der Waals surface area contributed by atoms with Crippen molar-refractivity contribution in [2.24, 2.45) is 0 Å². The molecule has 1 heterocycles. The third kappa shape index (κ3) is 2.45. The molecule has 0 fully saturated rings. The highest BCUT2D eigenvalue weighted by atomic mass is 32.2. The summed E-state index contributed by atoms with van der Waals surface area (Å²) in [5, 5.41) is 6.77. The normalized spacial score (nSPS) is 13.3. The summed E-state index contributed by atoms with van der Waals surface area (Å²) in [5.74, 6) is -0.985. The van der Waals surface area contributed by atoms with Gasteiger partial charge in [0.15, 0.2) is 5.16 Å². The van der Waals surface area contributed by atoms with Gasteiger partial charge in [-0.25, -0.2) is 0 Å². The molecule has 7 heteroatoms. The minimum Gasteiger partial charge on any atom is -0.293 e. The molecule has 0 aliphatic carbocycles. The van der Waals surface area contributed by atoms with Crippen LogP contribution in [0.25, 0.3) is 0 Å². The Bertz CT molecular complexity index is 351. The molecular weight excluding hydrogens is 227 g/mol. The largest absolute Gasteiger partial charge is 0.451 e. The fourth-order valence-electron chi connectivity index (χ4n) is 1.15. The molecule has 1 aromatic rings. The lowest BCUT2D eigenvalue weighted by Gasteiger charge is -2.24. The number of halogens is 3. The predicted octanol–water partition coefficient (Wildman–Crippen LogP) is 2.94. The molecule has 0 aliphatic heterocycles. The Kier molecular flexibility index (Phi) is 3.04. The molecule has 0 N–H and O–H groups in total. The number of hydrogen-bond donors (Lipinski definition) is 0. The van der Waals surface area contributed by atoms with E-state index in [9.17, 15) is 13.2 Å². The first-order valence-electron chi connectivity index (χ1n) is 4.13. The van der Waals surface area contributed by atoms with Crippen molar-refractivity contribution >= 4 is 11.8 Å². The maximum Gasteiger partial charge on any atom is 0.451 e. The lowest BCUT2D eigenvalue weighted by molar-refractivity contribution is -0.149. The first kappa shape index (κ1) is 12.4. The van der Waals surface area contributed by atoms with Gasteiger partial charge in [0.25, 0.3) is 0 Å². The molecule has 0 atom stereocenters. The molecular formula is C8H11F3N3S. The highest BCUT2D eigenvalue weighted by molar-refractivity contribution is 8.00. The molecule has 1 aromatic heterocycles. The molecule has 0 saturated heterocycles. The summed E-state index contributed by atoms with van der Waals surface area (Å²) in [5.41, 5.74) is -0.728. The van der Waals surface area contributed by atoms with Gasteiger partial charge < -0.3 is 0 Å². The van der Waals surface area contributed by atoms with Crippen LogP contribution in [0.5, 0.6) is 0 Å². The van der Waals surface area contributed by atoms with Crippen LogP contribution in [0.4, 0.5) is 13.2 Å². The van der Waals surface area contributed by atoms with Crippen molar-refractivity contribution in [2.45, 2.75) is 37.6 Å². The number of alkyl halides is 3. The zero-order valence-corrected chi connectivity index (χ0v) is 9.41. The Labute approximate surface area is 90.1 Å². The molecule has 1 radical (unpaired) electrons. The Balaban J connectivity index is 3.37. The van der Waals surface area contributed by atoms with Crippen molar-refractivity contribution < 1.29 is 13.2 Å². The fourth-order valence-corrected chi connectivity index (χ4v) is 1.74. The molecule has 0 aliphatic rings. The Morgan fingerprint density at radius 1 is 1.20 bits per heavy atom. The summed E-state index contributed by atoms with van der Waals surface area (Å²) in [6.45, 7) is 4.97. The van der Waals surface area contributed by atoms with Crippen molar-refractivity contribution in [1.29, 1.82) is 0 Å². The van der Waals surface area contributed by atoms with Crippen molar-refractivity contribution in [3.8, 4) is 0 Å². The molecule has 0 aromatic carbocycles. The maximum absolute atomic E-state index is 12.6. The van der Waals surface area contributed by atoms with Gasteiger partial charge in [0.1, 0.15) is 0 Å². The van der Waals surface area contributed by atoms with Gasteiger partial charge in [-0.1, -0.05) is 11.8 Å². The summed E-state index contributed by atoms with van der Waals surface area (Å²) < 4.78 is 38.8. The quantitative estimate of drug-likeness (QED) is 0.705. The SMILES string of the molecule is [CH2]Sc1nnc(C(F)(F)F)n1C(C)(C)C. The van der Waals surface area contributed by atoms with Crippen molar-refractivity contribution in [2.75, 3.05) is 0 Å². The fraction of sp³-hybridized carbons (Fsp3) is 0.625. The molecule has 0 saturated carbocycles. The second-order valence-corrected chi connectivity index (χ2v) is 4.61. The summed E-state index contributed by atoms with van der Waals surface area (Å²) in [6, 6.07) is 0. The number of nitrogens with zero attached hydrogens (tertiary/aromatic N) is 3. The number of thioether (sulfide) groups is 1. The van der Waals surface area contributed by atoms with Gasteiger partial charge in [0.2, 0.25) is 5.82 Å². The molecule has 0 bridgehead atoms. The minimum atomic E-state index is -4.49. The first-order chi connectivity index (χ1) is 6.68. The molecule has 1 rings (SSSR count). The van der Waals surface area contributed by atoms with Crippen LogP contribution < -0.4 is 0 Å². The lowest BCUT2D eigenvalue weighted by atomic mass is 10.1. The Morgan fingerprint density at radius 2 is 1.73 bits per heavy atom. The first-order valence-corrected chi connectivity index (χ1v) is 5.11. The molecule has 85 valence electrons. The van der Waals surface area contributed by atoms with Gasteiger partial charge in [-0.05, 0) is 20.8 Å². The van der Waals surface area contributed by atoms with Crippen molar-refractivity contribution in [3.63, 3.8) is 0 Å². The van der Waals surface area contributed by atoms with Gasteiger partial charge >= 0.3 is 6.18 Å². The maximum atomic E-state index is 12.6. The minimum absolute atomic E-state index is 0.162. The van der Waals surface area contributed by atoms with E-state index >= 15 is 0 Å². The van der Waals surface area contributed by atoms with Crippen molar-refractivity contribution in [3.05, 3.63) is 12.1 Å². The van der Waals surface area contributed by atoms with Crippen LogP contribution in [0.1, 0.15) is 26.6 Å². The lowest BCUT2D eigenvalue weighted by Crippen LogP contribution is -2.28. The van der Waals surface area contributed by atoms with E-state index in [1.165, 1.54) is 0 Å². The van der Waals surface area contributed by atoms with Crippen molar-refractivity contribution in [1.82, 2.24) is 14.8 Å². The van der Waals surface area contributed by atoms with E-state index in [0.29, 0.717) is 0 Å². The third-order valence-electron chi connectivity index (χ3n) is 1.69. The van der Waals surface area contributed by atoms with E-state index in [1.54, 1.807) is 20.8 Å². The van der Waals surface area contributed by atoms with Gasteiger partial charge in [-0.15, -0.1) is 10.2 Å². The summed E-state index contributed by atoms with van der Waals surface area (Å²) >= 11 is 0.899. The standard InChI is InChI=1S/C8H11F3N3S/c1-7(2,3)14-5(8(9,10)11)12-13-6(14)15-4/h4H2,1-3H3. The molecule has 0 amide bonds. The van der Waals surface area contributed by atoms with Crippen LogP contribution >= 0.6 is 11.8 Å². The number of hydrogen-bond acceptors (Lipinski definition) is 3. The summed E-state index contributed by atoms with van der Waals surface area (Å²) in [6.07, 6.45) is -1.04. The molecule has 0 unspecified atom stereocenters. The van der Waals surface area contributed by atoms with E-state index in [-0.39, 0.29) is 5.16 Å². The van der Waals surface area contributed by atoms with Gasteiger partial charge in [-0.3, -0.25) is 4.57 Å². The topological polar surface area (TPSA) is 30.7 Å². The van der Waals surface area contributed by atoms with E-state index in [4.69, 9.17) is 0 Å². The summed E-state index contributed by atoms with van der Waals surface area (Å²) in [4.78, 5) is 0. The predicted molar refractivity (Wildman–Crippen MR) is 51.2 cm³/mol. The average Bonchev–Trinajstić information content (AvgIpc) is 2.44. The van der Waals surface area contributed by atoms with Crippen LogP contribution in [0, 0.1) is 6.26 Å². The number of aromatic nitrogens is 3. The molecule has 0 spiro atoms.